The van der Waals surface area contributed by atoms with Gasteiger partial charge in [0.1, 0.15) is 6.61 Å². The summed E-state index contributed by atoms with van der Waals surface area (Å²) in [6.45, 7) is 2.14. The minimum Gasteiger partial charge on any atom is -0.489 e. The molecule has 1 aromatic heterocycles. The second-order valence-corrected chi connectivity index (χ2v) is 4.57. The zero-order chi connectivity index (χ0) is 13.8. The quantitative estimate of drug-likeness (QED) is 0.843. The fourth-order valence-electron chi connectivity index (χ4n) is 2.18. The highest BCUT2D eigenvalue weighted by Crippen LogP contribution is 2.37. The highest BCUT2D eigenvalue weighted by atomic mass is 16.5. The highest BCUT2D eigenvalue weighted by Gasteiger charge is 2.19. The van der Waals surface area contributed by atoms with E-state index in [4.69, 9.17) is 14.0 Å². The van der Waals surface area contributed by atoms with Crippen molar-refractivity contribution in [3.8, 4) is 17.2 Å². The zero-order valence-electron chi connectivity index (χ0n) is 11.4. The Kier molecular flexibility index (Phi) is 3.83. The summed E-state index contributed by atoms with van der Waals surface area (Å²) in [7, 11) is 1.68. The van der Waals surface area contributed by atoms with E-state index in [0.717, 1.165) is 36.4 Å². The van der Waals surface area contributed by atoms with Gasteiger partial charge in [-0.05, 0) is 18.6 Å². The highest BCUT2D eigenvalue weighted by molar-refractivity contribution is 5.74. The number of hydrogen-bond acceptors (Lipinski definition) is 6. The lowest BCUT2D eigenvalue weighted by molar-refractivity contribution is 0.194. The summed E-state index contributed by atoms with van der Waals surface area (Å²) in [6, 6.07) is 5.86. The first-order valence-electron chi connectivity index (χ1n) is 6.70. The molecule has 1 aliphatic heterocycles. The van der Waals surface area contributed by atoms with Gasteiger partial charge in [-0.2, -0.15) is 4.98 Å². The first-order valence-corrected chi connectivity index (χ1v) is 6.70. The summed E-state index contributed by atoms with van der Waals surface area (Å²) >= 11 is 0. The molecule has 3 rings (SSSR count). The molecule has 0 unspecified atom stereocenters. The van der Waals surface area contributed by atoms with E-state index in [0.29, 0.717) is 24.9 Å². The second kappa shape index (κ2) is 5.92. The van der Waals surface area contributed by atoms with Gasteiger partial charge in [-0.1, -0.05) is 11.2 Å². The summed E-state index contributed by atoms with van der Waals surface area (Å²) in [6.07, 6.45) is 1.62. The Hall–Kier alpha value is -2.08. The Morgan fingerprint density at radius 1 is 1.40 bits per heavy atom. The molecule has 0 amide bonds. The van der Waals surface area contributed by atoms with Crippen LogP contribution in [0.25, 0.3) is 11.5 Å². The molecule has 0 saturated carbocycles. The van der Waals surface area contributed by atoms with Crippen LogP contribution >= 0.6 is 0 Å². The first-order chi connectivity index (χ1) is 9.88. The lowest BCUT2D eigenvalue weighted by Gasteiger charge is -2.20. The Morgan fingerprint density at radius 3 is 3.25 bits per heavy atom. The number of aryl methyl sites for hydroxylation is 1. The average molecular weight is 275 g/mol. The molecule has 0 saturated heterocycles. The molecule has 6 heteroatoms. The van der Waals surface area contributed by atoms with Crippen LogP contribution in [0, 0.1) is 0 Å². The van der Waals surface area contributed by atoms with Gasteiger partial charge in [0.15, 0.2) is 11.6 Å². The standard InChI is InChI=1S/C14H17N3O3/c1-18-8-3-6-12-16-14(20-17-12)10-4-2-5-11-13(10)19-9-7-15-11/h2,4-5,15H,3,6-9H2,1H3. The minimum atomic E-state index is 0.498. The number of benzene rings is 1. The number of nitrogens with zero attached hydrogens (tertiary/aromatic N) is 2. The Bertz CT molecular complexity index is 583. The van der Waals surface area contributed by atoms with Crippen LogP contribution < -0.4 is 10.1 Å². The van der Waals surface area contributed by atoms with Crippen LogP contribution in [-0.2, 0) is 11.2 Å². The van der Waals surface area contributed by atoms with Crippen molar-refractivity contribution in [2.24, 2.45) is 0 Å². The molecule has 1 N–H and O–H groups in total. The van der Waals surface area contributed by atoms with Crippen LogP contribution in [0.2, 0.25) is 0 Å². The Labute approximate surface area is 117 Å². The van der Waals surface area contributed by atoms with Gasteiger partial charge in [-0.15, -0.1) is 0 Å². The van der Waals surface area contributed by atoms with Gasteiger partial charge in [0.25, 0.3) is 5.89 Å². The molecule has 2 aromatic rings. The fourth-order valence-corrected chi connectivity index (χ4v) is 2.18. The number of anilines is 1. The van der Waals surface area contributed by atoms with Gasteiger partial charge in [0.05, 0.1) is 11.3 Å². The molecule has 0 radical (unpaired) electrons. The van der Waals surface area contributed by atoms with Crippen molar-refractivity contribution in [2.45, 2.75) is 12.8 Å². The van der Waals surface area contributed by atoms with Crippen molar-refractivity contribution in [2.75, 3.05) is 32.2 Å². The third-order valence-corrected chi connectivity index (χ3v) is 3.13. The predicted molar refractivity (Wildman–Crippen MR) is 73.9 cm³/mol. The van der Waals surface area contributed by atoms with E-state index >= 15 is 0 Å². The summed E-state index contributed by atoms with van der Waals surface area (Å²) < 4.78 is 16.1. The van der Waals surface area contributed by atoms with Crippen molar-refractivity contribution < 1.29 is 14.0 Å². The zero-order valence-corrected chi connectivity index (χ0v) is 11.4. The number of ether oxygens (including phenoxy) is 2. The van der Waals surface area contributed by atoms with E-state index in [-0.39, 0.29) is 0 Å². The molecule has 0 aliphatic carbocycles. The van der Waals surface area contributed by atoms with E-state index in [1.807, 2.05) is 18.2 Å². The van der Waals surface area contributed by atoms with Crippen LogP contribution in [-0.4, -0.2) is 37.0 Å². The number of aromatic nitrogens is 2. The lowest BCUT2D eigenvalue weighted by atomic mass is 10.1. The second-order valence-electron chi connectivity index (χ2n) is 4.57. The molecule has 0 fully saturated rings. The third kappa shape index (κ3) is 2.60. The number of nitrogens with one attached hydrogen (secondary N) is 1. The van der Waals surface area contributed by atoms with Crippen LogP contribution in [0.15, 0.2) is 22.7 Å². The molecular weight excluding hydrogens is 258 g/mol. The maximum Gasteiger partial charge on any atom is 0.261 e. The van der Waals surface area contributed by atoms with Gasteiger partial charge in [-0.25, -0.2) is 0 Å². The molecule has 1 aliphatic rings. The number of fused-ring (bicyclic) bond motifs is 1. The van der Waals surface area contributed by atoms with Gasteiger partial charge in [-0.3, -0.25) is 0 Å². The van der Waals surface area contributed by atoms with Crippen LogP contribution in [0.4, 0.5) is 5.69 Å². The fraction of sp³-hybridized carbons (Fsp3) is 0.429. The monoisotopic (exact) mass is 275 g/mol. The van der Waals surface area contributed by atoms with Crippen LogP contribution in [0.3, 0.4) is 0 Å². The summed E-state index contributed by atoms with van der Waals surface area (Å²) in [5, 5.41) is 7.29. The predicted octanol–water partition coefficient (Wildman–Crippen LogP) is 2.12. The lowest BCUT2D eigenvalue weighted by Crippen LogP contribution is -2.18. The maximum absolute atomic E-state index is 5.71. The van der Waals surface area contributed by atoms with Crippen molar-refractivity contribution in [1.29, 1.82) is 0 Å². The third-order valence-electron chi connectivity index (χ3n) is 3.13. The molecule has 106 valence electrons. The van der Waals surface area contributed by atoms with Gasteiger partial charge in [0, 0.05) is 26.7 Å². The van der Waals surface area contributed by atoms with Crippen molar-refractivity contribution in [1.82, 2.24) is 10.1 Å². The van der Waals surface area contributed by atoms with E-state index in [1.54, 1.807) is 7.11 Å². The number of rotatable bonds is 5. The maximum atomic E-state index is 5.71. The van der Waals surface area contributed by atoms with E-state index in [2.05, 4.69) is 15.5 Å². The topological polar surface area (TPSA) is 69.4 Å². The molecule has 1 aromatic carbocycles. The number of para-hydroxylation sites is 1. The molecule has 0 bridgehead atoms. The SMILES string of the molecule is COCCCc1noc(-c2cccc3c2OCCN3)n1. The van der Waals surface area contributed by atoms with Gasteiger partial charge < -0.3 is 19.3 Å². The van der Waals surface area contributed by atoms with Gasteiger partial charge >= 0.3 is 0 Å². The van der Waals surface area contributed by atoms with E-state index in [9.17, 15) is 0 Å². The number of hydrogen-bond donors (Lipinski definition) is 1. The Balaban J connectivity index is 1.82. The molecule has 0 atom stereocenters. The first kappa shape index (κ1) is 12.9. The van der Waals surface area contributed by atoms with Gasteiger partial charge in [0.2, 0.25) is 0 Å². The summed E-state index contributed by atoms with van der Waals surface area (Å²) in [5.41, 5.74) is 1.80. The molecular formula is C14H17N3O3. The van der Waals surface area contributed by atoms with Crippen LogP contribution in [0.5, 0.6) is 5.75 Å². The van der Waals surface area contributed by atoms with E-state index in [1.165, 1.54) is 0 Å². The Morgan fingerprint density at radius 2 is 2.35 bits per heavy atom. The van der Waals surface area contributed by atoms with E-state index < -0.39 is 0 Å². The smallest absolute Gasteiger partial charge is 0.261 e. The molecule has 20 heavy (non-hydrogen) atoms. The summed E-state index contributed by atoms with van der Waals surface area (Å²) in [5.74, 6) is 1.97. The largest absolute Gasteiger partial charge is 0.489 e. The van der Waals surface area contributed by atoms with Crippen molar-refractivity contribution in [3.63, 3.8) is 0 Å². The number of methoxy groups -OCH3 is 1. The molecule has 2 heterocycles. The molecule has 0 spiro atoms. The van der Waals surface area contributed by atoms with Crippen LogP contribution in [0.1, 0.15) is 12.2 Å². The average Bonchev–Trinajstić information content (AvgIpc) is 2.96. The minimum absolute atomic E-state index is 0.498. The van der Waals surface area contributed by atoms with Crippen molar-refractivity contribution >= 4 is 5.69 Å². The normalized spacial score (nSPS) is 13.4. The summed E-state index contributed by atoms with van der Waals surface area (Å²) in [4.78, 5) is 4.42. The van der Waals surface area contributed by atoms with Crippen molar-refractivity contribution in [3.05, 3.63) is 24.0 Å². The molecule has 6 nitrogen and oxygen atoms in total.